The maximum Gasteiger partial charge on any atom is 0.196 e. The molecular formula is C14H19BrN2O2. The van der Waals surface area contributed by atoms with E-state index in [0.29, 0.717) is 0 Å². The van der Waals surface area contributed by atoms with E-state index >= 15 is 0 Å². The molecule has 2 heterocycles. The number of ether oxygens (including phenoxy) is 2. The largest absolute Gasteiger partial charge is 0.361 e. The number of hydrogen-bond donors (Lipinski definition) is 1. The summed E-state index contributed by atoms with van der Waals surface area (Å²) in [7, 11) is 3.26. The number of allylic oxidation sites excluding steroid dienone is 1. The van der Waals surface area contributed by atoms with E-state index in [-0.39, 0.29) is 11.7 Å². The van der Waals surface area contributed by atoms with E-state index in [9.17, 15) is 0 Å². The van der Waals surface area contributed by atoms with Crippen molar-refractivity contribution in [2.75, 3.05) is 14.2 Å². The monoisotopic (exact) mass is 326 g/mol. The second kappa shape index (κ2) is 5.61. The summed E-state index contributed by atoms with van der Waals surface area (Å²) in [6, 6.07) is 2.03. The summed E-state index contributed by atoms with van der Waals surface area (Å²) in [4.78, 5) is 7.87. The van der Waals surface area contributed by atoms with Gasteiger partial charge in [-0.1, -0.05) is 13.8 Å². The third-order valence-electron chi connectivity index (χ3n) is 3.24. The van der Waals surface area contributed by atoms with Crippen LogP contribution in [0, 0.1) is 5.41 Å². The molecule has 4 nitrogen and oxygen atoms in total. The van der Waals surface area contributed by atoms with Gasteiger partial charge >= 0.3 is 0 Å². The van der Waals surface area contributed by atoms with Gasteiger partial charge in [-0.3, -0.25) is 4.99 Å². The highest BCUT2D eigenvalue weighted by Crippen LogP contribution is 2.39. The first-order valence-electron chi connectivity index (χ1n) is 6.15. The lowest BCUT2D eigenvalue weighted by Crippen LogP contribution is -2.25. The molecule has 0 unspecified atom stereocenters. The van der Waals surface area contributed by atoms with Crippen molar-refractivity contribution in [3.8, 4) is 0 Å². The smallest absolute Gasteiger partial charge is 0.196 e. The van der Waals surface area contributed by atoms with Crippen molar-refractivity contribution in [2.24, 2.45) is 10.4 Å². The van der Waals surface area contributed by atoms with Crippen molar-refractivity contribution < 1.29 is 9.47 Å². The molecule has 1 N–H and O–H groups in total. The van der Waals surface area contributed by atoms with Crippen LogP contribution in [0.15, 0.2) is 27.4 Å². The van der Waals surface area contributed by atoms with E-state index in [1.165, 1.54) is 0 Å². The van der Waals surface area contributed by atoms with Crippen molar-refractivity contribution >= 4 is 27.7 Å². The molecule has 0 fully saturated rings. The zero-order chi connectivity index (χ0) is 14.0. The molecular weight excluding hydrogens is 308 g/mol. The van der Waals surface area contributed by atoms with Crippen LogP contribution in [0.25, 0.3) is 6.08 Å². The molecule has 1 aliphatic heterocycles. The Bertz CT molecular complexity index is 513. The molecule has 1 aromatic rings. The van der Waals surface area contributed by atoms with Crippen molar-refractivity contribution in [1.82, 2.24) is 4.98 Å². The summed E-state index contributed by atoms with van der Waals surface area (Å²) in [6.07, 6.45) is 4.46. The van der Waals surface area contributed by atoms with Gasteiger partial charge < -0.3 is 14.5 Å². The number of halogens is 1. The number of nitrogens with one attached hydrogen (secondary N) is 1. The molecule has 1 aromatic heterocycles. The number of aromatic amines is 1. The Labute approximate surface area is 122 Å². The molecule has 0 amide bonds. The summed E-state index contributed by atoms with van der Waals surface area (Å²) >= 11 is 3.43. The molecule has 0 spiro atoms. The van der Waals surface area contributed by atoms with Gasteiger partial charge in [-0.05, 0) is 28.1 Å². The number of rotatable bonds is 4. The molecule has 0 saturated heterocycles. The molecule has 0 radical (unpaired) electrons. The minimum atomic E-state index is -0.361. The zero-order valence-electron chi connectivity index (χ0n) is 11.7. The van der Waals surface area contributed by atoms with Crippen molar-refractivity contribution in [2.45, 2.75) is 26.6 Å². The Morgan fingerprint density at radius 2 is 2.11 bits per heavy atom. The lowest BCUT2D eigenvalue weighted by Gasteiger charge is -2.19. The average Bonchev–Trinajstić information content (AvgIpc) is 2.86. The molecule has 0 atom stereocenters. The molecule has 19 heavy (non-hydrogen) atoms. The summed E-state index contributed by atoms with van der Waals surface area (Å²) in [6.45, 7) is 4.35. The lowest BCUT2D eigenvalue weighted by atomic mass is 9.86. The zero-order valence-corrected chi connectivity index (χ0v) is 13.2. The van der Waals surface area contributed by atoms with Gasteiger partial charge in [-0.15, -0.1) is 0 Å². The second-order valence-electron chi connectivity index (χ2n) is 5.27. The fraction of sp³-hybridized carbons (Fsp3) is 0.500. The number of H-pyrrole nitrogens is 1. The van der Waals surface area contributed by atoms with Crippen LogP contribution in [0.4, 0.5) is 0 Å². The SMILES string of the molecule is COC(OC)C1=N/C(=C\c2cc(Br)c[nH]2)C(C)(C)C1. The third kappa shape index (κ3) is 3.16. The van der Waals surface area contributed by atoms with Crippen LogP contribution in [0.1, 0.15) is 26.0 Å². The number of aromatic nitrogens is 1. The van der Waals surface area contributed by atoms with Crippen LogP contribution in [-0.2, 0) is 9.47 Å². The average molecular weight is 327 g/mol. The topological polar surface area (TPSA) is 46.6 Å². The Hall–Kier alpha value is -0.910. The minimum absolute atomic E-state index is 0.0117. The first-order valence-corrected chi connectivity index (χ1v) is 6.94. The number of methoxy groups -OCH3 is 2. The molecule has 104 valence electrons. The first-order chi connectivity index (χ1) is 8.96. The fourth-order valence-electron chi connectivity index (χ4n) is 2.24. The van der Waals surface area contributed by atoms with Crippen molar-refractivity contribution in [3.63, 3.8) is 0 Å². The van der Waals surface area contributed by atoms with Gasteiger partial charge in [0.25, 0.3) is 0 Å². The van der Waals surface area contributed by atoms with Crippen LogP contribution in [0.2, 0.25) is 0 Å². The highest BCUT2D eigenvalue weighted by Gasteiger charge is 2.35. The Morgan fingerprint density at radius 3 is 2.63 bits per heavy atom. The van der Waals surface area contributed by atoms with Gasteiger partial charge in [-0.2, -0.15) is 0 Å². The van der Waals surface area contributed by atoms with E-state index in [2.05, 4.69) is 45.8 Å². The maximum absolute atomic E-state index is 5.28. The van der Waals surface area contributed by atoms with Gasteiger partial charge in [-0.25, -0.2) is 0 Å². The summed E-state index contributed by atoms with van der Waals surface area (Å²) in [5, 5.41) is 0. The first kappa shape index (κ1) is 14.5. The molecule has 5 heteroatoms. The van der Waals surface area contributed by atoms with Crippen LogP contribution in [-0.4, -0.2) is 31.2 Å². The van der Waals surface area contributed by atoms with Gasteiger partial charge in [0.15, 0.2) is 6.29 Å². The Kier molecular flexibility index (Phi) is 4.28. The molecule has 2 rings (SSSR count). The minimum Gasteiger partial charge on any atom is -0.361 e. The molecule has 0 aliphatic carbocycles. The van der Waals surface area contributed by atoms with Crippen LogP contribution in [0.3, 0.4) is 0 Å². The standard InChI is InChI=1S/C14H19BrN2O2/c1-14(2)7-11(13(18-3)19-4)17-12(14)6-10-5-9(15)8-16-10/h5-6,8,13,16H,7H2,1-4H3/b12-6-. The van der Waals surface area contributed by atoms with Gasteiger partial charge in [0.05, 0.1) is 5.71 Å². The predicted molar refractivity (Wildman–Crippen MR) is 80.1 cm³/mol. The highest BCUT2D eigenvalue weighted by atomic mass is 79.9. The van der Waals surface area contributed by atoms with Gasteiger partial charge in [0.1, 0.15) is 0 Å². The van der Waals surface area contributed by atoms with E-state index in [4.69, 9.17) is 9.47 Å². The number of aliphatic imine (C=N–C) groups is 1. The molecule has 1 aliphatic rings. The lowest BCUT2D eigenvalue weighted by molar-refractivity contribution is -0.0532. The summed E-state index contributed by atoms with van der Waals surface area (Å²) in [5.74, 6) is 0. The number of hydrogen-bond acceptors (Lipinski definition) is 3. The highest BCUT2D eigenvalue weighted by molar-refractivity contribution is 9.10. The molecule has 0 saturated carbocycles. The van der Waals surface area contributed by atoms with Gasteiger partial charge in [0.2, 0.25) is 0 Å². The fourth-order valence-corrected chi connectivity index (χ4v) is 2.60. The van der Waals surface area contributed by atoms with Crippen LogP contribution < -0.4 is 0 Å². The summed E-state index contributed by atoms with van der Waals surface area (Å²) < 4.78 is 11.6. The molecule has 0 aromatic carbocycles. The van der Waals surface area contributed by atoms with E-state index in [1.54, 1.807) is 14.2 Å². The second-order valence-corrected chi connectivity index (χ2v) is 6.19. The quantitative estimate of drug-likeness (QED) is 0.859. The summed E-state index contributed by atoms with van der Waals surface area (Å²) in [5.41, 5.74) is 3.00. The third-order valence-corrected chi connectivity index (χ3v) is 3.70. The predicted octanol–water partition coefficient (Wildman–Crippen LogP) is 3.61. The molecule has 0 bridgehead atoms. The van der Waals surface area contributed by atoms with Gasteiger partial charge in [0, 0.05) is 48.1 Å². The van der Waals surface area contributed by atoms with Crippen molar-refractivity contribution in [1.29, 1.82) is 0 Å². The Morgan fingerprint density at radius 1 is 1.42 bits per heavy atom. The number of nitrogens with zero attached hydrogens (tertiary/aromatic N) is 1. The van der Waals surface area contributed by atoms with Crippen LogP contribution >= 0.6 is 15.9 Å². The van der Waals surface area contributed by atoms with E-state index < -0.39 is 0 Å². The Balaban J connectivity index is 2.30. The van der Waals surface area contributed by atoms with E-state index in [1.807, 2.05) is 12.3 Å². The van der Waals surface area contributed by atoms with Crippen molar-refractivity contribution in [3.05, 3.63) is 28.1 Å². The van der Waals surface area contributed by atoms with E-state index in [0.717, 1.165) is 28.0 Å². The maximum atomic E-state index is 5.28. The van der Waals surface area contributed by atoms with Crippen LogP contribution in [0.5, 0.6) is 0 Å². The normalized spacial score (nSPS) is 20.3.